The van der Waals surface area contributed by atoms with E-state index in [1.165, 1.54) is 0 Å². The molecule has 1 fully saturated rings. The second-order valence-electron chi connectivity index (χ2n) is 6.39. The largest absolute Gasteiger partial charge is 0.467 e. The molecule has 1 aliphatic rings. The van der Waals surface area contributed by atoms with E-state index in [0.717, 1.165) is 42.9 Å². The highest BCUT2D eigenvalue weighted by Gasteiger charge is 2.28. The lowest BCUT2D eigenvalue weighted by Crippen LogP contribution is -2.41. The van der Waals surface area contributed by atoms with E-state index in [0.29, 0.717) is 18.6 Å². The van der Waals surface area contributed by atoms with Crippen LogP contribution in [0.3, 0.4) is 0 Å². The van der Waals surface area contributed by atoms with Crippen LogP contribution in [0.5, 0.6) is 0 Å². The summed E-state index contributed by atoms with van der Waals surface area (Å²) >= 11 is 1.57. The number of likely N-dealkylation sites (tertiary alicyclic amines) is 1. The molecular formula is C18H24N2O3S. The molecule has 130 valence electrons. The Balaban J connectivity index is 1.68. The molecule has 1 amide bonds. The third kappa shape index (κ3) is 4.24. The van der Waals surface area contributed by atoms with Crippen molar-refractivity contribution in [1.82, 2.24) is 9.88 Å². The third-order valence-corrected chi connectivity index (χ3v) is 5.39. The van der Waals surface area contributed by atoms with Crippen LogP contribution in [0.2, 0.25) is 0 Å². The number of rotatable bonds is 5. The summed E-state index contributed by atoms with van der Waals surface area (Å²) in [5, 5.41) is 13.3. The van der Waals surface area contributed by atoms with E-state index in [1.807, 2.05) is 17.2 Å². The molecule has 3 rings (SSSR count). The van der Waals surface area contributed by atoms with E-state index in [1.54, 1.807) is 29.7 Å². The van der Waals surface area contributed by atoms with Crippen LogP contribution >= 0.6 is 11.3 Å². The summed E-state index contributed by atoms with van der Waals surface area (Å²) in [6.07, 6.45) is 5.95. The van der Waals surface area contributed by atoms with E-state index < -0.39 is 6.10 Å². The highest BCUT2D eigenvalue weighted by Crippen LogP contribution is 2.27. The Hall–Kier alpha value is -1.66. The number of aliphatic hydroxyl groups excluding tert-OH is 1. The van der Waals surface area contributed by atoms with Gasteiger partial charge in [-0.05, 0) is 31.9 Å². The summed E-state index contributed by atoms with van der Waals surface area (Å²) in [7, 11) is 0. The fourth-order valence-corrected chi connectivity index (χ4v) is 3.96. The summed E-state index contributed by atoms with van der Waals surface area (Å²) in [5.41, 5.74) is 0.845. The molecule has 2 aromatic rings. The number of aliphatic hydroxyl groups is 1. The number of carbonyl (C=O) groups is 1. The van der Waals surface area contributed by atoms with E-state index in [2.05, 4.69) is 4.98 Å². The predicted octanol–water partition coefficient (Wildman–Crippen LogP) is 3.48. The Morgan fingerprint density at radius 3 is 3.08 bits per heavy atom. The van der Waals surface area contributed by atoms with Crippen LogP contribution in [-0.4, -0.2) is 33.5 Å². The van der Waals surface area contributed by atoms with Crippen molar-refractivity contribution in [2.75, 3.05) is 6.54 Å². The summed E-state index contributed by atoms with van der Waals surface area (Å²) < 4.78 is 5.30. The molecule has 5 nitrogen and oxygen atoms in total. The first-order valence-electron chi connectivity index (χ1n) is 8.55. The van der Waals surface area contributed by atoms with Gasteiger partial charge in [-0.25, -0.2) is 4.98 Å². The SMILES string of the molecule is Cc1nc(CC(=O)N2CCCCCC2CC(O)c2ccco2)cs1. The normalized spacial score (nSPS) is 19.9. The number of furan rings is 1. The van der Waals surface area contributed by atoms with E-state index in [-0.39, 0.29) is 11.9 Å². The van der Waals surface area contributed by atoms with Crippen molar-refractivity contribution in [1.29, 1.82) is 0 Å². The van der Waals surface area contributed by atoms with Crippen molar-refractivity contribution in [2.24, 2.45) is 0 Å². The Kier molecular flexibility index (Phi) is 5.68. The van der Waals surface area contributed by atoms with Gasteiger partial charge in [-0.3, -0.25) is 4.79 Å². The molecule has 1 N–H and O–H groups in total. The Bertz CT molecular complexity index is 653. The van der Waals surface area contributed by atoms with Crippen molar-refractivity contribution in [2.45, 2.75) is 57.6 Å². The lowest BCUT2D eigenvalue weighted by atomic mass is 10.0. The van der Waals surface area contributed by atoms with Crippen molar-refractivity contribution >= 4 is 17.2 Å². The van der Waals surface area contributed by atoms with Gasteiger partial charge in [0.05, 0.1) is 23.4 Å². The number of aromatic nitrogens is 1. The van der Waals surface area contributed by atoms with Gasteiger partial charge in [0.2, 0.25) is 5.91 Å². The van der Waals surface area contributed by atoms with Gasteiger partial charge in [0.15, 0.2) is 0 Å². The molecule has 24 heavy (non-hydrogen) atoms. The van der Waals surface area contributed by atoms with Crippen molar-refractivity contribution in [3.8, 4) is 0 Å². The van der Waals surface area contributed by atoms with Crippen LogP contribution < -0.4 is 0 Å². The molecule has 0 radical (unpaired) electrons. The summed E-state index contributed by atoms with van der Waals surface area (Å²) in [6, 6.07) is 3.62. The van der Waals surface area contributed by atoms with Gasteiger partial charge in [-0.2, -0.15) is 0 Å². The number of thiazole rings is 1. The van der Waals surface area contributed by atoms with Crippen molar-refractivity contribution in [3.05, 3.63) is 40.2 Å². The summed E-state index contributed by atoms with van der Waals surface area (Å²) in [5.74, 6) is 0.681. The lowest BCUT2D eigenvalue weighted by molar-refractivity contribution is -0.133. The molecule has 0 aliphatic carbocycles. The number of carbonyl (C=O) groups excluding carboxylic acids is 1. The molecule has 3 heterocycles. The van der Waals surface area contributed by atoms with Gasteiger partial charge in [0, 0.05) is 24.4 Å². The van der Waals surface area contributed by atoms with Crippen LogP contribution in [0.15, 0.2) is 28.2 Å². The highest BCUT2D eigenvalue weighted by atomic mass is 32.1. The Morgan fingerprint density at radius 2 is 2.38 bits per heavy atom. The molecule has 0 saturated carbocycles. The topological polar surface area (TPSA) is 66.6 Å². The molecular weight excluding hydrogens is 324 g/mol. The molecule has 0 bridgehead atoms. The van der Waals surface area contributed by atoms with Gasteiger partial charge >= 0.3 is 0 Å². The van der Waals surface area contributed by atoms with Gasteiger partial charge in [0.1, 0.15) is 11.9 Å². The zero-order valence-electron chi connectivity index (χ0n) is 14.0. The first-order valence-corrected chi connectivity index (χ1v) is 9.43. The highest BCUT2D eigenvalue weighted by molar-refractivity contribution is 7.09. The predicted molar refractivity (Wildman–Crippen MR) is 92.8 cm³/mol. The molecule has 0 aromatic carbocycles. The van der Waals surface area contributed by atoms with Crippen LogP contribution in [-0.2, 0) is 11.2 Å². The maximum Gasteiger partial charge on any atom is 0.228 e. The van der Waals surface area contributed by atoms with Crippen LogP contribution in [0, 0.1) is 6.92 Å². The molecule has 1 saturated heterocycles. The lowest BCUT2D eigenvalue weighted by Gasteiger charge is -2.31. The zero-order valence-corrected chi connectivity index (χ0v) is 14.8. The van der Waals surface area contributed by atoms with Crippen LogP contribution in [0.4, 0.5) is 0 Å². The number of amides is 1. The summed E-state index contributed by atoms with van der Waals surface area (Å²) in [4.78, 5) is 19.1. The fourth-order valence-electron chi connectivity index (χ4n) is 3.35. The molecule has 2 unspecified atom stereocenters. The number of hydrogen-bond acceptors (Lipinski definition) is 5. The minimum atomic E-state index is -0.667. The van der Waals surface area contributed by atoms with Crippen molar-refractivity contribution < 1.29 is 14.3 Å². The average molecular weight is 348 g/mol. The zero-order chi connectivity index (χ0) is 16.9. The summed E-state index contributed by atoms with van der Waals surface area (Å²) in [6.45, 7) is 2.71. The molecule has 2 atom stereocenters. The third-order valence-electron chi connectivity index (χ3n) is 4.56. The Morgan fingerprint density at radius 1 is 1.50 bits per heavy atom. The van der Waals surface area contributed by atoms with Crippen LogP contribution in [0.25, 0.3) is 0 Å². The first kappa shape index (κ1) is 17.2. The second kappa shape index (κ2) is 7.94. The number of aryl methyl sites for hydroxylation is 1. The van der Waals surface area contributed by atoms with Gasteiger partial charge < -0.3 is 14.4 Å². The van der Waals surface area contributed by atoms with Gasteiger partial charge in [-0.1, -0.05) is 12.8 Å². The van der Waals surface area contributed by atoms with E-state index in [9.17, 15) is 9.90 Å². The first-order chi connectivity index (χ1) is 11.6. The second-order valence-corrected chi connectivity index (χ2v) is 7.45. The minimum absolute atomic E-state index is 0.0554. The monoisotopic (exact) mass is 348 g/mol. The van der Waals surface area contributed by atoms with Crippen LogP contribution in [0.1, 0.15) is 54.7 Å². The maximum absolute atomic E-state index is 12.8. The number of nitrogens with zero attached hydrogens (tertiary/aromatic N) is 2. The molecule has 2 aromatic heterocycles. The average Bonchev–Trinajstić information content (AvgIpc) is 3.16. The van der Waals surface area contributed by atoms with E-state index >= 15 is 0 Å². The number of hydrogen-bond donors (Lipinski definition) is 1. The smallest absolute Gasteiger partial charge is 0.228 e. The standard InChI is InChI=1S/C18H24N2O3S/c1-13-19-14(12-24-13)10-18(22)20-8-4-2-3-6-15(20)11-16(21)17-7-5-9-23-17/h5,7,9,12,15-16,21H,2-4,6,8,10-11H2,1H3. The minimum Gasteiger partial charge on any atom is -0.467 e. The molecule has 6 heteroatoms. The van der Waals surface area contributed by atoms with Gasteiger partial charge in [-0.15, -0.1) is 11.3 Å². The Labute approximate surface area is 146 Å². The van der Waals surface area contributed by atoms with Crippen molar-refractivity contribution in [3.63, 3.8) is 0 Å². The molecule has 1 aliphatic heterocycles. The van der Waals surface area contributed by atoms with E-state index in [4.69, 9.17) is 4.42 Å². The maximum atomic E-state index is 12.8. The fraction of sp³-hybridized carbons (Fsp3) is 0.556. The quantitative estimate of drug-likeness (QED) is 0.898. The molecule has 0 spiro atoms. The van der Waals surface area contributed by atoms with Gasteiger partial charge in [0.25, 0.3) is 0 Å².